The second kappa shape index (κ2) is 9.31. The first-order chi connectivity index (χ1) is 9.79. The summed E-state index contributed by atoms with van der Waals surface area (Å²) in [6.45, 7) is 1.26. The lowest BCUT2D eigenvalue weighted by atomic mass is 10.2. The van der Waals surface area contributed by atoms with Gasteiger partial charge in [-0.25, -0.2) is 13.1 Å². The fraction of sp³-hybridized carbons (Fsp3) is 0.500. The average Bonchev–Trinajstić information content (AvgIpc) is 2.42. The van der Waals surface area contributed by atoms with Crippen molar-refractivity contribution in [3.63, 3.8) is 0 Å². The molecule has 0 spiro atoms. The minimum atomic E-state index is -4.72. The number of hydrogen-bond acceptors (Lipinski definition) is 4. The summed E-state index contributed by atoms with van der Waals surface area (Å²) >= 11 is 0. The van der Waals surface area contributed by atoms with E-state index in [4.69, 9.17) is 4.74 Å². The molecule has 0 fully saturated rings. The van der Waals surface area contributed by atoms with E-state index in [1.54, 1.807) is 0 Å². The van der Waals surface area contributed by atoms with Crippen LogP contribution < -0.4 is 10.0 Å². The summed E-state index contributed by atoms with van der Waals surface area (Å²) in [5.41, 5.74) is -1.18. The lowest BCUT2D eigenvalue weighted by Gasteiger charge is -2.13. The molecule has 0 aliphatic rings. The molecule has 0 amide bonds. The summed E-state index contributed by atoms with van der Waals surface area (Å²) in [4.78, 5) is -0.769. The number of hydrogen-bond donors (Lipinski definition) is 2. The van der Waals surface area contributed by atoms with Crippen LogP contribution in [0.2, 0.25) is 0 Å². The Hall–Kier alpha value is -0.870. The monoisotopic (exact) mass is 362 g/mol. The second-order valence-corrected chi connectivity index (χ2v) is 5.87. The van der Waals surface area contributed by atoms with E-state index in [1.165, 1.54) is 13.2 Å². The van der Waals surface area contributed by atoms with Gasteiger partial charge in [0.1, 0.15) is 0 Å². The summed E-state index contributed by atoms with van der Waals surface area (Å²) in [6.07, 6.45) is -4.72. The Morgan fingerprint density at radius 1 is 1.14 bits per heavy atom. The average molecular weight is 363 g/mol. The lowest BCUT2D eigenvalue weighted by molar-refractivity contribution is -0.139. The van der Waals surface area contributed by atoms with Crippen molar-refractivity contribution in [1.82, 2.24) is 10.0 Å². The van der Waals surface area contributed by atoms with Crippen LogP contribution in [0.3, 0.4) is 0 Å². The molecule has 0 saturated carbocycles. The molecule has 10 heteroatoms. The molecule has 0 saturated heterocycles. The van der Waals surface area contributed by atoms with E-state index in [9.17, 15) is 21.6 Å². The highest BCUT2D eigenvalue weighted by molar-refractivity contribution is 7.89. The van der Waals surface area contributed by atoms with E-state index in [1.807, 2.05) is 0 Å². The highest BCUT2D eigenvalue weighted by Crippen LogP contribution is 2.33. The largest absolute Gasteiger partial charge is 0.417 e. The zero-order valence-corrected chi connectivity index (χ0v) is 13.4. The van der Waals surface area contributed by atoms with Crippen LogP contribution in [0.1, 0.15) is 5.56 Å². The number of methoxy groups -OCH3 is 1. The normalized spacial score (nSPS) is 12.0. The lowest BCUT2D eigenvalue weighted by Crippen LogP contribution is -2.34. The van der Waals surface area contributed by atoms with Gasteiger partial charge in [0.05, 0.1) is 17.1 Å². The molecule has 0 bridgehead atoms. The molecule has 0 heterocycles. The van der Waals surface area contributed by atoms with Crippen molar-refractivity contribution in [2.24, 2.45) is 0 Å². The molecule has 0 unspecified atom stereocenters. The molecule has 22 heavy (non-hydrogen) atoms. The van der Waals surface area contributed by atoms with Crippen LogP contribution in [0.25, 0.3) is 0 Å². The Bertz CT molecular complexity index is 553. The zero-order chi connectivity index (χ0) is 15.9. The highest BCUT2D eigenvalue weighted by atomic mass is 35.5. The maximum Gasteiger partial charge on any atom is 0.417 e. The van der Waals surface area contributed by atoms with Crippen LogP contribution in [0.15, 0.2) is 29.2 Å². The van der Waals surface area contributed by atoms with Crippen molar-refractivity contribution in [1.29, 1.82) is 0 Å². The van der Waals surface area contributed by atoms with E-state index in [2.05, 4.69) is 10.0 Å². The standard InChI is InChI=1S/C12H17F3N2O3S.ClH/c1-20-9-8-16-6-7-17-21(18,19)11-5-3-2-4-10(11)12(13,14)15;/h2-5,16-17H,6-9H2,1H3;1H. The number of halogens is 4. The van der Waals surface area contributed by atoms with Crippen LogP contribution in [0, 0.1) is 0 Å². The van der Waals surface area contributed by atoms with Crippen molar-refractivity contribution in [2.45, 2.75) is 11.1 Å². The van der Waals surface area contributed by atoms with Crippen LogP contribution in [-0.4, -0.2) is 41.8 Å². The van der Waals surface area contributed by atoms with Gasteiger partial charge in [-0.05, 0) is 12.1 Å². The van der Waals surface area contributed by atoms with Gasteiger partial charge in [-0.1, -0.05) is 12.1 Å². The van der Waals surface area contributed by atoms with Gasteiger partial charge >= 0.3 is 6.18 Å². The first-order valence-electron chi connectivity index (χ1n) is 6.14. The Kier molecular flexibility index (Phi) is 8.94. The molecule has 128 valence electrons. The molecule has 1 rings (SSSR count). The number of benzene rings is 1. The van der Waals surface area contributed by atoms with Crippen molar-refractivity contribution in [2.75, 3.05) is 33.4 Å². The number of rotatable bonds is 8. The topological polar surface area (TPSA) is 67.4 Å². The number of nitrogens with one attached hydrogen (secondary N) is 2. The van der Waals surface area contributed by atoms with Gasteiger partial charge < -0.3 is 10.1 Å². The molecule has 0 atom stereocenters. The molecular formula is C12H18ClF3N2O3S. The number of sulfonamides is 1. The van der Waals surface area contributed by atoms with Gasteiger partial charge in [-0.15, -0.1) is 12.4 Å². The Balaban J connectivity index is 0.00000441. The minimum Gasteiger partial charge on any atom is -0.383 e. The smallest absolute Gasteiger partial charge is 0.383 e. The Morgan fingerprint density at radius 2 is 1.77 bits per heavy atom. The van der Waals surface area contributed by atoms with E-state index in [0.717, 1.165) is 18.2 Å². The quantitative estimate of drug-likeness (QED) is 0.690. The van der Waals surface area contributed by atoms with Crippen LogP contribution >= 0.6 is 12.4 Å². The van der Waals surface area contributed by atoms with E-state index in [0.29, 0.717) is 13.2 Å². The third kappa shape index (κ3) is 6.49. The first-order valence-corrected chi connectivity index (χ1v) is 7.63. The molecule has 0 aromatic heterocycles. The van der Waals surface area contributed by atoms with E-state index >= 15 is 0 Å². The predicted molar refractivity (Wildman–Crippen MR) is 78.6 cm³/mol. The van der Waals surface area contributed by atoms with Crippen molar-refractivity contribution >= 4 is 22.4 Å². The Labute approximate surface area is 133 Å². The first kappa shape index (κ1) is 21.1. The van der Waals surface area contributed by atoms with Crippen molar-refractivity contribution < 1.29 is 26.3 Å². The molecule has 0 radical (unpaired) electrons. The summed E-state index contributed by atoms with van der Waals surface area (Å²) < 4.78 is 69.1. The van der Waals surface area contributed by atoms with Crippen LogP contribution in [0.5, 0.6) is 0 Å². The van der Waals surface area contributed by atoms with Gasteiger partial charge in [0, 0.05) is 26.7 Å². The Morgan fingerprint density at radius 3 is 2.36 bits per heavy atom. The SMILES string of the molecule is COCCNCCNS(=O)(=O)c1ccccc1C(F)(F)F.Cl. The second-order valence-electron chi connectivity index (χ2n) is 4.13. The third-order valence-electron chi connectivity index (χ3n) is 2.56. The predicted octanol–water partition coefficient (Wildman–Crippen LogP) is 1.64. The highest BCUT2D eigenvalue weighted by Gasteiger charge is 2.36. The van der Waals surface area contributed by atoms with Crippen molar-refractivity contribution in [3.8, 4) is 0 Å². The van der Waals surface area contributed by atoms with Gasteiger partial charge in [-0.3, -0.25) is 0 Å². The van der Waals surface area contributed by atoms with E-state index < -0.39 is 26.7 Å². The molecule has 1 aromatic carbocycles. The number of ether oxygens (including phenoxy) is 1. The fourth-order valence-electron chi connectivity index (χ4n) is 1.59. The molecule has 2 N–H and O–H groups in total. The summed E-state index contributed by atoms with van der Waals surface area (Å²) in [7, 11) is -2.68. The molecule has 5 nitrogen and oxygen atoms in total. The van der Waals surface area contributed by atoms with Gasteiger partial charge in [0.25, 0.3) is 0 Å². The summed E-state index contributed by atoms with van der Waals surface area (Å²) in [5, 5.41) is 2.88. The minimum absolute atomic E-state index is 0. The van der Waals surface area contributed by atoms with Gasteiger partial charge in [0.15, 0.2) is 0 Å². The third-order valence-corrected chi connectivity index (χ3v) is 4.08. The summed E-state index contributed by atoms with van der Waals surface area (Å²) in [6, 6.07) is 4.07. The fourth-order valence-corrected chi connectivity index (χ4v) is 2.84. The molecule has 1 aromatic rings. The maximum absolute atomic E-state index is 12.8. The molecule has 0 aliphatic heterocycles. The molecule has 0 aliphatic carbocycles. The summed E-state index contributed by atoms with van der Waals surface area (Å²) in [5.74, 6) is 0. The van der Waals surface area contributed by atoms with Crippen LogP contribution in [-0.2, 0) is 20.9 Å². The van der Waals surface area contributed by atoms with Crippen molar-refractivity contribution in [3.05, 3.63) is 29.8 Å². The van der Waals surface area contributed by atoms with Gasteiger partial charge in [-0.2, -0.15) is 13.2 Å². The van der Waals surface area contributed by atoms with Crippen LogP contribution in [0.4, 0.5) is 13.2 Å². The maximum atomic E-state index is 12.8. The zero-order valence-electron chi connectivity index (χ0n) is 11.8. The van der Waals surface area contributed by atoms with Gasteiger partial charge in [0.2, 0.25) is 10.0 Å². The number of alkyl halides is 3. The van der Waals surface area contributed by atoms with E-state index in [-0.39, 0.29) is 25.5 Å². The molecular weight excluding hydrogens is 345 g/mol.